The molecule has 1 fully saturated rings. The van der Waals surface area contributed by atoms with Crippen molar-refractivity contribution in [3.05, 3.63) is 18.2 Å². The Bertz CT molecular complexity index is 710. The van der Waals surface area contributed by atoms with Gasteiger partial charge in [0.1, 0.15) is 23.4 Å². The highest BCUT2D eigenvalue weighted by atomic mass is 35.6. The third kappa shape index (κ3) is 6.38. The van der Waals surface area contributed by atoms with E-state index in [1.54, 1.807) is 0 Å². The highest BCUT2D eigenvalue weighted by Gasteiger charge is 2.65. The van der Waals surface area contributed by atoms with Gasteiger partial charge >= 0.3 is 16.3 Å². The van der Waals surface area contributed by atoms with Crippen molar-refractivity contribution in [1.29, 1.82) is 0 Å². The highest BCUT2D eigenvalue weighted by Crippen LogP contribution is 3.02. The zero-order chi connectivity index (χ0) is 19.9. The molecule has 1 heterocycles. The fraction of sp³-hybridized carbons (Fsp3) is 0.417. The van der Waals surface area contributed by atoms with Gasteiger partial charge in [-0.25, -0.2) is 4.79 Å². The molecule has 150 valence electrons. The summed E-state index contributed by atoms with van der Waals surface area (Å²) >= 11 is 16.1. The minimum absolute atomic E-state index is 0.0690. The standard InChI is InChI=1S/C12H12Cl3F5N2O3S/c13-12(14,15)6-24-11(23)22-9-3-8(26(16,17,18,19)20)1-2-10(9)25-7-4-21-5-7/h1-3,7,21H,4-6H2,(H,22,23). The van der Waals surface area contributed by atoms with Crippen LogP contribution in [0.3, 0.4) is 0 Å². The number of anilines is 1. The van der Waals surface area contributed by atoms with E-state index < -0.39 is 43.4 Å². The van der Waals surface area contributed by atoms with Crippen molar-refractivity contribution in [2.75, 3.05) is 25.0 Å². The molecule has 1 aliphatic rings. The largest absolute Gasteiger partial charge is 0.486 e. The van der Waals surface area contributed by atoms with Crippen LogP contribution in [0.25, 0.3) is 0 Å². The van der Waals surface area contributed by atoms with Gasteiger partial charge in [-0.1, -0.05) is 54.2 Å². The van der Waals surface area contributed by atoms with Crippen LogP contribution in [0, 0.1) is 0 Å². The van der Waals surface area contributed by atoms with E-state index in [9.17, 15) is 24.2 Å². The smallest absolute Gasteiger partial charge is 0.411 e. The minimum atomic E-state index is -9.96. The van der Waals surface area contributed by atoms with E-state index in [0.717, 1.165) is 0 Å². The zero-order valence-electron chi connectivity index (χ0n) is 12.6. The van der Waals surface area contributed by atoms with Crippen molar-refractivity contribution >= 4 is 56.8 Å². The second-order valence-corrected chi connectivity index (χ2v) is 10.3. The van der Waals surface area contributed by atoms with E-state index in [0.29, 0.717) is 19.2 Å². The monoisotopic (exact) mass is 464 g/mol. The number of ether oxygens (including phenoxy) is 2. The Morgan fingerprint density at radius 2 is 1.85 bits per heavy atom. The Labute approximate surface area is 159 Å². The maximum absolute atomic E-state index is 13.0. The maximum atomic E-state index is 13.0. The summed E-state index contributed by atoms with van der Waals surface area (Å²) in [5.74, 6) is -0.243. The Morgan fingerprint density at radius 1 is 1.23 bits per heavy atom. The van der Waals surface area contributed by atoms with Gasteiger partial charge in [0.05, 0.1) is 5.69 Å². The molecule has 26 heavy (non-hydrogen) atoms. The summed E-state index contributed by atoms with van der Waals surface area (Å²) < 4.78 is 72.9. The number of carbonyl (C=O) groups excluding carboxylic acids is 1. The van der Waals surface area contributed by atoms with E-state index in [1.165, 1.54) is 0 Å². The van der Waals surface area contributed by atoms with Crippen molar-refractivity contribution in [3.8, 4) is 5.75 Å². The lowest BCUT2D eigenvalue weighted by atomic mass is 10.2. The van der Waals surface area contributed by atoms with Gasteiger partial charge < -0.3 is 14.8 Å². The summed E-state index contributed by atoms with van der Waals surface area (Å²) in [6.07, 6.45) is -1.70. The van der Waals surface area contributed by atoms with Crippen LogP contribution in [-0.2, 0) is 4.74 Å². The third-order valence-electron chi connectivity index (χ3n) is 3.04. The first-order valence-corrected chi connectivity index (χ1v) is 9.88. The fourth-order valence-electron chi connectivity index (χ4n) is 1.77. The van der Waals surface area contributed by atoms with E-state index >= 15 is 0 Å². The van der Waals surface area contributed by atoms with Crippen LogP contribution in [-0.4, -0.2) is 35.7 Å². The molecule has 0 radical (unpaired) electrons. The van der Waals surface area contributed by atoms with Crippen LogP contribution in [0.2, 0.25) is 0 Å². The molecule has 1 aromatic rings. The first-order chi connectivity index (χ1) is 11.5. The topological polar surface area (TPSA) is 59.6 Å². The molecule has 1 aromatic carbocycles. The molecule has 0 bridgehead atoms. The number of benzene rings is 1. The third-order valence-corrected chi connectivity index (χ3v) is 4.51. The van der Waals surface area contributed by atoms with Gasteiger partial charge in [0.15, 0.2) is 0 Å². The molecule has 0 atom stereocenters. The summed E-state index contributed by atoms with van der Waals surface area (Å²) in [7, 11) is -9.96. The SMILES string of the molecule is O=C(Nc1cc(S(F)(F)(F)(F)F)ccc1OC1CNC1)OCC(Cl)(Cl)Cl. The predicted molar refractivity (Wildman–Crippen MR) is 90.4 cm³/mol. The van der Waals surface area contributed by atoms with Crippen LogP contribution < -0.4 is 15.4 Å². The maximum Gasteiger partial charge on any atom is 0.411 e. The molecule has 5 nitrogen and oxygen atoms in total. The number of halogens is 8. The molecule has 0 spiro atoms. The summed E-state index contributed by atoms with van der Waals surface area (Å²) in [4.78, 5) is 9.47. The van der Waals surface area contributed by atoms with Crippen LogP contribution in [0.5, 0.6) is 5.75 Å². The molecule has 0 saturated carbocycles. The van der Waals surface area contributed by atoms with E-state index in [-0.39, 0.29) is 17.9 Å². The number of carbonyl (C=O) groups is 1. The highest BCUT2D eigenvalue weighted by molar-refractivity contribution is 8.45. The Morgan fingerprint density at radius 3 is 2.31 bits per heavy atom. The molecule has 1 saturated heterocycles. The molecule has 14 heteroatoms. The van der Waals surface area contributed by atoms with Gasteiger partial charge in [0, 0.05) is 13.1 Å². The minimum Gasteiger partial charge on any atom is -0.486 e. The molecular formula is C12H12Cl3F5N2O3S. The molecule has 0 aliphatic carbocycles. The van der Waals surface area contributed by atoms with Gasteiger partial charge in [-0.15, -0.1) is 0 Å². The molecule has 2 rings (SSSR count). The quantitative estimate of drug-likeness (QED) is 0.438. The van der Waals surface area contributed by atoms with Crippen LogP contribution in [0.15, 0.2) is 23.1 Å². The number of rotatable bonds is 5. The average Bonchev–Trinajstić information content (AvgIpc) is 2.38. The average molecular weight is 466 g/mol. The number of nitrogens with one attached hydrogen (secondary N) is 2. The molecule has 1 aliphatic heterocycles. The van der Waals surface area contributed by atoms with Crippen molar-refractivity contribution in [1.82, 2.24) is 5.32 Å². The second kappa shape index (κ2) is 6.33. The summed E-state index contributed by atoms with van der Waals surface area (Å²) in [6, 6.07) is 0.941. The van der Waals surface area contributed by atoms with Crippen molar-refractivity contribution < 1.29 is 33.7 Å². The fourth-order valence-corrected chi connectivity index (χ4v) is 2.60. The van der Waals surface area contributed by atoms with Gasteiger partial charge in [-0.3, -0.25) is 5.32 Å². The summed E-state index contributed by atoms with van der Waals surface area (Å²) in [5, 5.41) is 4.74. The number of hydrogen-bond donors (Lipinski definition) is 2. The van der Waals surface area contributed by atoms with E-state index in [2.05, 4.69) is 10.1 Å². The van der Waals surface area contributed by atoms with Crippen molar-refractivity contribution in [2.45, 2.75) is 14.8 Å². The number of alkyl halides is 3. The molecular weight excluding hydrogens is 454 g/mol. The lowest BCUT2D eigenvalue weighted by Gasteiger charge is -2.40. The predicted octanol–water partition coefficient (Wildman–Crippen LogP) is 5.61. The van der Waals surface area contributed by atoms with Crippen LogP contribution in [0.4, 0.5) is 29.9 Å². The Hall–Kier alpha value is -0.880. The van der Waals surface area contributed by atoms with E-state index in [1.807, 2.05) is 5.32 Å². The zero-order valence-corrected chi connectivity index (χ0v) is 15.7. The first kappa shape index (κ1) is 21.4. The molecule has 2 N–H and O–H groups in total. The summed E-state index contributed by atoms with van der Waals surface area (Å²) in [5.41, 5.74) is -0.656. The number of amides is 1. The van der Waals surface area contributed by atoms with Gasteiger partial charge in [0.25, 0.3) is 0 Å². The van der Waals surface area contributed by atoms with Crippen molar-refractivity contribution in [2.24, 2.45) is 0 Å². The Balaban J connectivity index is 2.28. The lowest BCUT2D eigenvalue weighted by molar-refractivity contribution is 0.142. The Kier molecular flexibility index (Phi) is 5.22. The van der Waals surface area contributed by atoms with Gasteiger partial charge in [-0.2, -0.15) is 0 Å². The number of hydrogen-bond acceptors (Lipinski definition) is 4. The van der Waals surface area contributed by atoms with Crippen LogP contribution >= 0.6 is 45.0 Å². The van der Waals surface area contributed by atoms with Gasteiger partial charge in [-0.05, 0) is 18.2 Å². The lowest BCUT2D eigenvalue weighted by Crippen LogP contribution is -2.50. The van der Waals surface area contributed by atoms with Crippen LogP contribution in [0.1, 0.15) is 0 Å². The first-order valence-electron chi connectivity index (χ1n) is 6.79. The second-order valence-electron chi connectivity index (χ2n) is 5.34. The normalized spacial score (nSPS) is 18.3. The summed E-state index contributed by atoms with van der Waals surface area (Å²) in [6.45, 7) is 0.0917. The molecule has 0 unspecified atom stereocenters. The molecule has 1 amide bonds. The van der Waals surface area contributed by atoms with Gasteiger partial charge in [0.2, 0.25) is 3.79 Å². The van der Waals surface area contributed by atoms with E-state index in [4.69, 9.17) is 39.5 Å². The van der Waals surface area contributed by atoms with Crippen molar-refractivity contribution in [3.63, 3.8) is 0 Å². The molecule has 0 aromatic heterocycles.